The van der Waals surface area contributed by atoms with E-state index >= 15 is 0 Å². The maximum Gasteiger partial charge on any atom is 0.294 e. The molecule has 1 N–H and O–H groups in total. The van der Waals surface area contributed by atoms with Gasteiger partial charge in [-0.2, -0.15) is 8.42 Å². The molecule has 0 bridgehead atoms. The standard InChI is InChI=1S/C14H20O3S/c1-4-5-11(2)6-8-13-10-14(18(15,16)17)9-7-12(13)3/h7,9-10H,2,4-6,8H2,1,3H3,(H,15,16,17). The molecule has 4 heteroatoms. The zero-order chi connectivity index (χ0) is 13.8. The average Bonchev–Trinajstić information content (AvgIpc) is 2.26. The lowest BCUT2D eigenvalue weighted by atomic mass is 9.99. The van der Waals surface area contributed by atoms with Gasteiger partial charge >= 0.3 is 0 Å². The Hall–Kier alpha value is -1.13. The van der Waals surface area contributed by atoms with E-state index in [9.17, 15) is 8.42 Å². The fourth-order valence-corrected chi connectivity index (χ4v) is 2.40. The minimum absolute atomic E-state index is 0.0378. The molecule has 0 fully saturated rings. The number of benzene rings is 1. The summed E-state index contributed by atoms with van der Waals surface area (Å²) in [5.41, 5.74) is 3.16. The molecule has 100 valence electrons. The Kier molecular flexibility index (Phi) is 5.11. The molecule has 0 saturated heterocycles. The van der Waals surface area contributed by atoms with Gasteiger partial charge in [-0.05, 0) is 49.4 Å². The van der Waals surface area contributed by atoms with Crippen molar-refractivity contribution < 1.29 is 13.0 Å². The molecule has 0 radical (unpaired) electrons. The summed E-state index contributed by atoms with van der Waals surface area (Å²) in [5.74, 6) is 0. The topological polar surface area (TPSA) is 54.4 Å². The fraction of sp³-hybridized carbons (Fsp3) is 0.429. The van der Waals surface area contributed by atoms with E-state index in [0.717, 1.165) is 36.8 Å². The normalized spacial score (nSPS) is 11.5. The van der Waals surface area contributed by atoms with E-state index in [-0.39, 0.29) is 4.90 Å². The van der Waals surface area contributed by atoms with Crippen molar-refractivity contribution in [3.63, 3.8) is 0 Å². The highest BCUT2D eigenvalue weighted by Crippen LogP contribution is 2.19. The minimum atomic E-state index is -4.11. The predicted octanol–water partition coefficient (Wildman–Crippen LogP) is 3.53. The molecule has 0 unspecified atom stereocenters. The van der Waals surface area contributed by atoms with Gasteiger partial charge in [-0.15, -0.1) is 0 Å². The van der Waals surface area contributed by atoms with Gasteiger partial charge in [-0.25, -0.2) is 0 Å². The molecule has 0 spiro atoms. The van der Waals surface area contributed by atoms with Crippen LogP contribution in [0.5, 0.6) is 0 Å². The molecule has 1 aromatic carbocycles. The molecule has 0 aliphatic rings. The molecular formula is C14H20O3S. The van der Waals surface area contributed by atoms with E-state index < -0.39 is 10.1 Å². The van der Waals surface area contributed by atoms with Gasteiger partial charge in [0.05, 0.1) is 4.90 Å². The van der Waals surface area contributed by atoms with Crippen LogP contribution in [-0.4, -0.2) is 13.0 Å². The monoisotopic (exact) mass is 268 g/mol. The Bertz CT molecular complexity index is 530. The zero-order valence-electron chi connectivity index (χ0n) is 10.9. The largest absolute Gasteiger partial charge is 0.294 e. The minimum Gasteiger partial charge on any atom is -0.282 e. The lowest BCUT2D eigenvalue weighted by molar-refractivity contribution is 0.483. The first-order valence-electron chi connectivity index (χ1n) is 6.08. The lowest BCUT2D eigenvalue weighted by Gasteiger charge is -2.09. The van der Waals surface area contributed by atoms with Gasteiger partial charge in [0.25, 0.3) is 10.1 Å². The molecule has 1 aromatic rings. The van der Waals surface area contributed by atoms with E-state index in [1.807, 2.05) is 6.92 Å². The van der Waals surface area contributed by atoms with Gasteiger partial charge in [-0.3, -0.25) is 4.55 Å². The quantitative estimate of drug-likeness (QED) is 0.634. The van der Waals surface area contributed by atoms with Crippen LogP contribution >= 0.6 is 0 Å². The third-order valence-electron chi connectivity index (χ3n) is 2.97. The molecule has 0 aliphatic carbocycles. The van der Waals surface area contributed by atoms with Crippen LogP contribution in [0.25, 0.3) is 0 Å². The summed E-state index contributed by atoms with van der Waals surface area (Å²) >= 11 is 0. The first-order chi connectivity index (χ1) is 8.34. The molecule has 0 aromatic heterocycles. The summed E-state index contributed by atoms with van der Waals surface area (Å²) in [4.78, 5) is -0.0378. The van der Waals surface area contributed by atoms with Crippen LogP contribution in [-0.2, 0) is 16.5 Å². The number of allylic oxidation sites excluding steroid dienone is 1. The van der Waals surface area contributed by atoms with Gasteiger partial charge in [-0.1, -0.05) is 31.6 Å². The van der Waals surface area contributed by atoms with Crippen LogP contribution in [0.15, 0.2) is 35.2 Å². The van der Waals surface area contributed by atoms with Crippen molar-refractivity contribution in [3.05, 3.63) is 41.5 Å². The summed E-state index contributed by atoms with van der Waals surface area (Å²) in [6.45, 7) is 8.04. The Labute approximate surface area is 109 Å². The lowest BCUT2D eigenvalue weighted by Crippen LogP contribution is -2.01. The molecule has 18 heavy (non-hydrogen) atoms. The predicted molar refractivity (Wildman–Crippen MR) is 73.4 cm³/mol. The van der Waals surface area contributed by atoms with Crippen molar-refractivity contribution in [2.24, 2.45) is 0 Å². The van der Waals surface area contributed by atoms with Crippen LogP contribution < -0.4 is 0 Å². The van der Waals surface area contributed by atoms with Crippen molar-refractivity contribution in [2.45, 2.75) is 44.4 Å². The van der Waals surface area contributed by atoms with E-state index in [4.69, 9.17) is 4.55 Å². The third-order valence-corrected chi connectivity index (χ3v) is 3.82. The van der Waals surface area contributed by atoms with Crippen molar-refractivity contribution in [2.75, 3.05) is 0 Å². The molecular weight excluding hydrogens is 248 g/mol. The summed E-state index contributed by atoms with van der Waals surface area (Å²) < 4.78 is 31.2. The average molecular weight is 268 g/mol. The molecule has 0 atom stereocenters. The van der Waals surface area contributed by atoms with Crippen LogP contribution in [0.3, 0.4) is 0 Å². The van der Waals surface area contributed by atoms with E-state index in [1.165, 1.54) is 11.6 Å². The molecule has 1 rings (SSSR count). The highest BCUT2D eigenvalue weighted by atomic mass is 32.2. The van der Waals surface area contributed by atoms with Gasteiger partial charge in [0.1, 0.15) is 0 Å². The van der Waals surface area contributed by atoms with Crippen LogP contribution in [0, 0.1) is 6.92 Å². The zero-order valence-corrected chi connectivity index (χ0v) is 11.8. The smallest absolute Gasteiger partial charge is 0.282 e. The second-order valence-corrected chi connectivity index (χ2v) is 5.98. The van der Waals surface area contributed by atoms with E-state index in [0.29, 0.717) is 0 Å². The first-order valence-corrected chi connectivity index (χ1v) is 7.52. The maximum absolute atomic E-state index is 11.1. The summed E-state index contributed by atoms with van der Waals surface area (Å²) in [6, 6.07) is 4.69. The van der Waals surface area contributed by atoms with Crippen LogP contribution in [0.4, 0.5) is 0 Å². The number of aryl methyl sites for hydroxylation is 2. The second-order valence-electron chi connectivity index (χ2n) is 4.56. The fourth-order valence-electron chi connectivity index (χ4n) is 1.87. The van der Waals surface area contributed by atoms with Gasteiger partial charge in [0, 0.05) is 0 Å². The summed E-state index contributed by atoms with van der Waals surface area (Å²) in [6.07, 6.45) is 3.68. The summed E-state index contributed by atoms with van der Waals surface area (Å²) in [7, 11) is -4.11. The Morgan fingerprint density at radius 3 is 2.56 bits per heavy atom. The van der Waals surface area contributed by atoms with Crippen molar-refractivity contribution >= 4 is 10.1 Å². The molecule has 3 nitrogen and oxygen atoms in total. The molecule has 0 saturated carbocycles. The van der Waals surface area contributed by atoms with Crippen molar-refractivity contribution in [3.8, 4) is 0 Å². The molecule has 0 heterocycles. The molecule has 0 aliphatic heterocycles. The van der Waals surface area contributed by atoms with Crippen molar-refractivity contribution in [1.29, 1.82) is 0 Å². The van der Waals surface area contributed by atoms with Gasteiger partial charge < -0.3 is 0 Å². The number of hydrogen-bond donors (Lipinski definition) is 1. The maximum atomic E-state index is 11.1. The highest BCUT2D eigenvalue weighted by Gasteiger charge is 2.11. The SMILES string of the molecule is C=C(CCC)CCc1cc(S(=O)(=O)O)ccc1C. The Morgan fingerprint density at radius 1 is 1.33 bits per heavy atom. The second kappa shape index (κ2) is 6.16. The van der Waals surface area contributed by atoms with Crippen LogP contribution in [0.2, 0.25) is 0 Å². The Balaban J connectivity index is 2.86. The Morgan fingerprint density at radius 2 is 2.00 bits per heavy atom. The molecule has 0 amide bonds. The highest BCUT2D eigenvalue weighted by molar-refractivity contribution is 7.85. The van der Waals surface area contributed by atoms with Gasteiger partial charge in [0.15, 0.2) is 0 Å². The van der Waals surface area contributed by atoms with Crippen molar-refractivity contribution in [1.82, 2.24) is 0 Å². The van der Waals surface area contributed by atoms with Crippen LogP contribution in [0.1, 0.15) is 37.3 Å². The number of hydrogen-bond acceptors (Lipinski definition) is 2. The third kappa shape index (κ3) is 4.27. The number of rotatable bonds is 6. The van der Waals surface area contributed by atoms with E-state index in [2.05, 4.69) is 13.5 Å². The first kappa shape index (κ1) is 14.9. The summed E-state index contributed by atoms with van der Waals surface area (Å²) in [5, 5.41) is 0. The van der Waals surface area contributed by atoms with E-state index in [1.54, 1.807) is 12.1 Å². The van der Waals surface area contributed by atoms with Gasteiger partial charge in [0.2, 0.25) is 0 Å².